The average molecular weight is 284 g/mol. The smallest absolute Gasteiger partial charge is 0.272 e. The number of para-hydroxylation sites is 1. The van der Waals surface area contributed by atoms with Gasteiger partial charge in [-0.05, 0) is 24.6 Å². The molecule has 6 heteroatoms. The summed E-state index contributed by atoms with van der Waals surface area (Å²) in [5.41, 5.74) is 8.13. The van der Waals surface area contributed by atoms with E-state index in [9.17, 15) is 10.1 Å². The number of rotatable bonds is 4. The van der Waals surface area contributed by atoms with Crippen LogP contribution in [0.2, 0.25) is 0 Å². The summed E-state index contributed by atoms with van der Waals surface area (Å²) in [6, 6.07) is 14.4. The fourth-order valence-corrected chi connectivity index (χ4v) is 1.92. The van der Waals surface area contributed by atoms with Gasteiger partial charge in [-0.1, -0.05) is 30.3 Å². The van der Waals surface area contributed by atoms with Crippen molar-refractivity contribution in [3.05, 3.63) is 69.8 Å². The zero-order valence-electron chi connectivity index (χ0n) is 11.6. The molecule has 0 atom stereocenters. The van der Waals surface area contributed by atoms with Gasteiger partial charge in [0, 0.05) is 17.3 Å². The van der Waals surface area contributed by atoms with Crippen molar-refractivity contribution in [2.75, 3.05) is 5.32 Å². The Balaban J connectivity index is 2.10. The molecule has 2 aromatic carbocycles. The molecule has 0 saturated carbocycles. The predicted molar refractivity (Wildman–Crippen MR) is 83.2 cm³/mol. The Hall–Kier alpha value is -2.89. The minimum absolute atomic E-state index is 0.0947. The molecule has 2 aromatic rings. The Kier molecular flexibility index (Phi) is 4.50. The average Bonchev–Trinajstić information content (AvgIpc) is 2.47. The van der Waals surface area contributed by atoms with Gasteiger partial charge in [-0.15, -0.1) is 0 Å². The van der Waals surface area contributed by atoms with Gasteiger partial charge in [0.05, 0.1) is 11.5 Å². The lowest BCUT2D eigenvalue weighted by molar-refractivity contribution is -0.385. The molecular formula is C15H16N4O2. The highest BCUT2D eigenvalue weighted by atomic mass is 16.6. The Labute approximate surface area is 122 Å². The first-order valence-corrected chi connectivity index (χ1v) is 6.43. The molecular weight excluding hydrogens is 268 g/mol. The maximum absolute atomic E-state index is 10.9. The second-order valence-corrected chi connectivity index (χ2v) is 4.51. The molecule has 2 rings (SSSR count). The van der Waals surface area contributed by atoms with Crippen molar-refractivity contribution in [1.82, 2.24) is 0 Å². The van der Waals surface area contributed by atoms with Crippen LogP contribution in [0.5, 0.6) is 0 Å². The van der Waals surface area contributed by atoms with E-state index in [0.717, 1.165) is 11.3 Å². The van der Waals surface area contributed by atoms with Crippen molar-refractivity contribution in [2.45, 2.75) is 13.5 Å². The van der Waals surface area contributed by atoms with Crippen LogP contribution in [-0.2, 0) is 6.54 Å². The molecule has 0 aromatic heterocycles. The number of nitro groups is 1. The molecule has 0 heterocycles. The third-order valence-corrected chi connectivity index (χ3v) is 3.08. The van der Waals surface area contributed by atoms with E-state index < -0.39 is 4.92 Å². The normalized spacial score (nSPS) is 11.2. The standard InChI is InChI=1S/C15H16N4O2/c1-11-12(6-5-9-14(11)19(20)21)10-17-15(16)18-13-7-3-2-4-8-13/h2-9H,10H2,1H3,(H3,16,17,18). The van der Waals surface area contributed by atoms with Gasteiger partial charge < -0.3 is 11.1 Å². The predicted octanol–water partition coefficient (Wildman–Crippen LogP) is 2.83. The second-order valence-electron chi connectivity index (χ2n) is 4.51. The van der Waals surface area contributed by atoms with Crippen LogP contribution in [0.1, 0.15) is 11.1 Å². The number of anilines is 1. The van der Waals surface area contributed by atoms with E-state index in [0.29, 0.717) is 12.1 Å². The van der Waals surface area contributed by atoms with E-state index >= 15 is 0 Å². The van der Waals surface area contributed by atoms with Gasteiger partial charge in [-0.3, -0.25) is 10.1 Å². The largest absolute Gasteiger partial charge is 0.370 e. The summed E-state index contributed by atoms with van der Waals surface area (Å²) < 4.78 is 0. The number of hydrogen-bond donors (Lipinski definition) is 2. The number of hydrogen-bond acceptors (Lipinski definition) is 3. The number of benzene rings is 2. The first-order valence-electron chi connectivity index (χ1n) is 6.43. The highest BCUT2D eigenvalue weighted by molar-refractivity contribution is 5.92. The minimum Gasteiger partial charge on any atom is -0.370 e. The maximum Gasteiger partial charge on any atom is 0.272 e. The summed E-state index contributed by atoms with van der Waals surface area (Å²) in [5.74, 6) is 0.270. The lowest BCUT2D eigenvalue weighted by Crippen LogP contribution is -2.22. The summed E-state index contributed by atoms with van der Waals surface area (Å²) in [5, 5.41) is 13.8. The fraction of sp³-hybridized carbons (Fsp3) is 0.133. The highest BCUT2D eigenvalue weighted by Crippen LogP contribution is 2.21. The van der Waals surface area contributed by atoms with Gasteiger partial charge >= 0.3 is 0 Å². The van der Waals surface area contributed by atoms with Crippen LogP contribution in [0, 0.1) is 17.0 Å². The molecule has 21 heavy (non-hydrogen) atoms. The van der Waals surface area contributed by atoms with Crippen molar-refractivity contribution >= 4 is 17.3 Å². The molecule has 0 bridgehead atoms. The SMILES string of the molecule is Cc1c(CN=C(N)Nc2ccccc2)cccc1[N+](=O)[O-]. The van der Waals surface area contributed by atoms with Crippen LogP contribution < -0.4 is 11.1 Å². The molecule has 0 fully saturated rings. The number of nitrogens with one attached hydrogen (secondary N) is 1. The van der Waals surface area contributed by atoms with Gasteiger partial charge in [-0.2, -0.15) is 0 Å². The van der Waals surface area contributed by atoms with E-state index in [1.807, 2.05) is 36.4 Å². The summed E-state index contributed by atoms with van der Waals surface area (Å²) in [7, 11) is 0. The summed E-state index contributed by atoms with van der Waals surface area (Å²) in [6.45, 7) is 2.00. The molecule has 0 amide bonds. The van der Waals surface area contributed by atoms with Crippen LogP contribution in [0.25, 0.3) is 0 Å². The Morgan fingerprint density at radius 3 is 2.62 bits per heavy atom. The second kappa shape index (κ2) is 6.51. The van der Waals surface area contributed by atoms with E-state index in [1.54, 1.807) is 13.0 Å². The van der Waals surface area contributed by atoms with E-state index in [1.165, 1.54) is 6.07 Å². The lowest BCUT2D eigenvalue weighted by Gasteiger charge is -2.06. The van der Waals surface area contributed by atoms with Crippen molar-refractivity contribution in [3.63, 3.8) is 0 Å². The molecule has 0 unspecified atom stereocenters. The highest BCUT2D eigenvalue weighted by Gasteiger charge is 2.12. The van der Waals surface area contributed by atoms with E-state index in [2.05, 4.69) is 10.3 Å². The molecule has 0 saturated heterocycles. The molecule has 6 nitrogen and oxygen atoms in total. The van der Waals surface area contributed by atoms with Crippen molar-refractivity contribution in [3.8, 4) is 0 Å². The first kappa shape index (κ1) is 14.5. The summed E-state index contributed by atoms with van der Waals surface area (Å²) in [6.07, 6.45) is 0. The number of aliphatic imine (C=N–C) groups is 1. The monoisotopic (exact) mass is 284 g/mol. The molecule has 0 aliphatic carbocycles. The van der Waals surface area contributed by atoms with Gasteiger partial charge in [0.2, 0.25) is 0 Å². The molecule has 3 N–H and O–H groups in total. The van der Waals surface area contributed by atoms with Crippen molar-refractivity contribution in [2.24, 2.45) is 10.7 Å². The first-order chi connectivity index (χ1) is 10.1. The molecule has 0 aliphatic heterocycles. The zero-order valence-corrected chi connectivity index (χ0v) is 11.6. The Morgan fingerprint density at radius 2 is 1.95 bits per heavy atom. The molecule has 0 aliphatic rings. The summed E-state index contributed by atoms with van der Waals surface area (Å²) in [4.78, 5) is 14.7. The van der Waals surface area contributed by atoms with Gasteiger partial charge in [-0.25, -0.2) is 4.99 Å². The van der Waals surface area contributed by atoms with E-state index in [-0.39, 0.29) is 11.6 Å². The number of nitrogens with two attached hydrogens (primary N) is 1. The Morgan fingerprint density at radius 1 is 1.24 bits per heavy atom. The minimum atomic E-state index is -0.395. The van der Waals surface area contributed by atoms with Gasteiger partial charge in [0.15, 0.2) is 5.96 Å². The number of guanidine groups is 1. The third kappa shape index (κ3) is 3.79. The number of nitro benzene ring substituents is 1. The molecule has 0 spiro atoms. The Bertz CT molecular complexity index is 669. The van der Waals surface area contributed by atoms with Gasteiger partial charge in [0.25, 0.3) is 5.69 Å². The van der Waals surface area contributed by atoms with Crippen LogP contribution in [-0.4, -0.2) is 10.9 Å². The van der Waals surface area contributed by atoms with Crippen LogP contribution >= 0.6 is 0 Å². The molecule has 108 valence electrons. The maximum atomic E-state index is 10.9. The topological polar surface area (TPSA) is 93.5 Å². The van der Waals surface area contributed by atoms with Crippen LogP contribution in [0.3, 0.4) is 0 Å². The van der Waals surface area contributed by atoms with Crippen LogP contribution in [0.15, 0.2) is 53.5 Å². The van der Waals surface area contributed by atoms with Crippen LogP contribution in [0.4, 0.5) is 11.4 Å². The van der Waals surface area contributed by atoms with Gasteiger partial charge in [0.1, 0.15) is 0 Å². The number of nitrogens with zero attached hydrogens (tertiary/aromatic N) is 2. The third-order valence-electron chi connectivity index (χ3n) is 3.08. The quantitative estimate of drug-likeness (QED) is 0.390. The lowest BCUT2D eigenvalue weighted by atomic mass is 10.1. The zero-order chi connectivity index (χ0) is 15.2. The fourth-order valence-electron chi connectivity index (χ4n) is 1.92. The van der Waals surface area contributed by atoms with Crippen molar-refractivity contribution < 1.29 is 4.92 Å². The molecule has 0 radical (unpaired) electrons. The van der Waals surface area contributed by atoms with Crippen molar-refractivity contribution in [1.29, 1.82) is 0 Å². The summed E-state index contributed by atoms with van der Waals surface area (Å²) >= 11 is 0. The van der Waals surface area contributed by atoms with E-state index in [4.69, 9.17) is 5.73 Å².